The van der Waals surface area contributed by atoms with Crippen LogP contribution in [-0.4, -0.2) is 34.4 Å². The van der Waals surface area contributed by atoms with Crippen molar-refractivity contribution in [3.05, 3.63) is 47.5 Å². The second-order valence-corrected chi connectivity index (χ2v) is 5.20. The summed E-state index contributed by atoms with van der Waals surface area (Å²) in [5, 5.41) is 0. The Morgan fingerprint density at radius 3 is 2.12 bits per heavy atom. The van der Waals surface area contributed by atoms with E-state index in [0.717, 1.165) is 11.1 Å². The Bertz CT molecular complexity index is 726. The van der Waals surface area contributed by atoms with Crippen molar-refractivity contribution in [2.45, 2.75) is 13.0 Å². The lowest BCUT2D eigenvalue weighted by molar-refractivity contribution is -0.144. The van der Waals surface area contributed by atoms with E-state index in [2.05, 4.69) is 0 Å². The smallest absolute Gasteiger partial charge is 0.310 e. The zero-order chi connectivity index (χ0) is 18.2. The monoisotopic (exact) mass is 346 g/mol. The maximum Gasteiger partial charge on any atom is 0.310 e. The normalized spacial score (nSPS) is 10.1. The van der Waals surface area contributed by atoms with Gasteiger partial charge in [0.1, 0.15) is 18.1 Å². The van der Waals surface area contributed by atoms with Crippen LogP contribution >= 0.6 is 0 Å². The molecule has 0 N–H and O–H groups in total. The third-order valence-electron chi connectivity index (χ3n) is 3.67. The number of ether oxygens (including phenoxy) is 5. The van der Waals surface area contributed by atoms with E-state index >= 15 is 0 Å². The summed E-state index contributed by atoms with van der Waals surface area (Å²) in [6.07, 6.45) is 0.132. The molecule has 0 unspecified atom stereocenters. The molecule has 2 rings (SSSR count). The lowest BCUT2D eigenvalue weighted by atomic mass is 10.1. The summed E-state index contributed by atoms with van der Waals surface area (Å²) < 4.78 is 26.2. The number of carbonyl (C=O) groups is 1. The van der Waals surface area contributed by atoms with Crippen molar-refractivity contribution in [3.63, 3.8) is 0 Å². The van der Waals surface area contributed by atoms with Gasteiger partial charge in [-0.25, -0.2) is 0 Å². The van der Waals surface area contributed by atoms with Crippen molar-refractivity contribution in [3.8, 4) is 23.0 Å². The number of benzene rings is 2. The number of esters is 1. The van der Waals surface area contributed by atoms with Crippen molar-refractivity contribution < 1.29 is 28.5 Å². The van der Waals surface area contributed by atoms with Gasteiger partial charge in [0.15, 0.2) is 11.5 Å². The van der Waals surface area contributed by atoms with Crippen LogP contribution in [0.25, 0.3) is 0 Å². The molecule has 25 heavy (non-hydrogen) atoms. The summed E-state index contributed by atoms with van der Waals surface area (Å²) in [6, 6.07) is 10.7. The minimum Gasteiger partial charge on any atom is -0.497 e. The molecule has 0 spiro atoms. The summed E-state index contributed by atoms with van der Waals surface area (Å²) in [6.45, 7) is 0.104. The van der Waals surface area contributed by atoms with Crippen molar-refractivity contribution in [2.75, 3.05) is 28.4 Å². The van der Waals surface area contributed by atoms with E-state index < -0.39 is 0 Å². The van der Waals surface area contributed by atoms with Crippen LogP contribution in [0.2, 0.25) is 0 Å². The molecule has 2 aromatic carbocycles. The molecule has 0 aliphatic rings. The van der Waals surface area contributed by atoms with Gasteiger partial charge in [0, 0.05) is 5.56 Å². The molecule has 0 aliphatic carbocycles. The zero-order valence-electron chi connectivity index (χ0n) is 14.8. The first-order valence-corrected chi connectivity index (χ1v) is 7.68. The van der Waals surface area contributed by atoms with Crippen molar-refractivity contribution in [2.24, 2.45) is 0 Å². The second-order valence-electron chi connectivity index (χ2n) is 5.20. The highest BCUT2D eigenvalue weighted by Gasteiger charge is 2.12. The van der Waals surface area contributed by atoms with Crippen LogP contribution in [0.4, 0.5) is 0 Å². The maximum atomic E-state index is 12.1. The predicted octanol–water partition coefficient (Wildman–Crippen LogP) is 3.01. The van der Waals surface area contributed by atoms with Gasteiger partial charge in [-0.3, -0.25) is 4.79 Å². The van der Waals surface area contributed by atoms with Crippen LogP contribution in [-0.2, 0) is 22.6 Å². The van der Waals surface area contributed by atoms with Crippen molar-refractivity contribution in [1.82, 2.24) is 0 Å². The van der Waals surface area contributed by atoms with E-state index in [9.17, 15) is 4.79 Å². The minimum absolute atomic E-state index is 0.104. The molecular weight excluding hydrogens is 324 g/mol. The highest BCUT2D eigenvalue weighted by molar-refractivity contribution is 5.73. The number of hydrogen-bond acceptors (Lipinski definition) is 6. The molecular formula is C19H22O6. The SMILES string of the molecule is COc1ccc(OC)c(COC(=O)Cc2ccc(OC)c(OC)c2)c1. The van der Waals surface area contributed by atoms with Crippen molar-refractivity contribution >= 4 is 5.97 Å². The Hall–Kier alpha value is -2.89. The van der Waals surface area contributed by atoms with Gasteiger partial charge in [0.2, 0.25) is 0 Å². The molecule has 0 fully saturated rings. The molecule has 0 atom stereocenters. The van der Waals surface area contributed by atoms with E-state index in [-0.39, 0.29) is 19.0 Å². The van der Waals surface area contributed by atoms with E-state index in [1.807, 2.05) is 0 Å². The lowest BCUT2D eigenvalue weighted by Gasteiger charge is -2.12. The first kappa shape index (κ1) is 18.4. The Morgan fingerprint density at radius 1 is 0.800 bits per heavy atom. The minimum atomic E-state index is -0.350. The number of methoxy groups -OCH3 is 4. The average molecular weight is 346 g/mol. The molecule has 0 radical (unpaired) electrons. The summed E-state index contributed by atoms with van der Waals surface area (Å²) in [5.74, 6) is 2.14. The van der Waals surface area contributed by atoms with Crippen LogP contribution in [0.15, 0.2) is 36.4 Å². The molecule has 0 saturated heterocycles. The summed E-state index contributed by atoms with van der Waals surface area (Å²) in [7, 11) is 6.26. The van der Waals surface area contributed by atoms with Gasteiger partial charge in [-0.15, -0.1) is 0 Å². The summed E-state index contributed by atoms with van der Waals surface area (Å²) in [5.41, 5.74) is 1.52. The molecule has 0 saturated carbocycles. The van der Waals surface area contributed by atoms with E-state index in [4.69, 9.17) is 23.7 Å². The van der Waals surface area contributed by atoms with Crippen LogP contribution < -0.4 is 18.9 Å². The first-order chi connectivity index (χ1) is 12.1. The maximum absolute atomic E-state index is 12.1. The molecule has 134 valence electrons. The van der Waals surface area contributed by atoms with Gasteiger partial charge >= 0.3 is 5.97 Å². The van der Waals surface area contributed by atoms with Gasteiger partial charge in [-0.05, 0) is 35.9 Å². The largest absolute Gasteiger partial charge is 0.497 e. The molecule has 0 heterocycles. The molecule has 0 aromatic heterocycles. The predicted molar refractivity (Wildman–Crippen MR) is 92.6 cm³/mol. The third kappa shape index (κ3) is 4.79. The van der Waals surface area contributed by atoms with Crippen LogP contribution in [0.5, 0.6) is 23.0 Å². The van der Waals surface area contributed by atoms with Gasteiger partial charge in [0.25, 0.3) is 0 Å². The van der Waals surface area contributed by atoms with Crippen LogP contribution in [0.1, 0.15) is 11.1 Å². The lowest BCUT2D eigenvalue weighted by Crippen LogP contribution is -2.09. The van der Waals surface area contributed by atoms with Gasteiger partial charge in [0.05, 0.1) is 34.9 Å². The fraction of sp³-hybridized carbons (Fsp3) is 0.316. The Kier molecular flexibility index (Phi) is 6.51. The topological polar surface area (TPSA) is 63.2 Å². The average Bonchev–Trinajstić information content (AvgIpc) is 2.65. The van der Waals surface area contributed by atoms with Gasteiger partial charge in [-0.2, -0.15) is 0 Å². The Labute approximate surface area is 147 Å². The number of hydrogen-bond donors (Lipinski definition) is 0. The fourth-order valence-corrected chi connectivity index (χ4v) is 2.36. The summed E-state index contributed by atoms with van der Waals surface area (Å²) in [4.78, 5) is 12.1. The second kappa shape index (κ2) is 8.82. The molecule has 0 bridgehead atoms. The molecule has 6 nitrogen and oxygen atoms in total. The van der Waals surface area contributed by atoms with Crippen molar-refractivity contribution in [1.29, 1.82) is 0 Å². The third-order valence-corrected chi connectivity index (χ3v) is 3.67. The number of rotatable bonds is 8. The zero-order valence-corrected chi connectivity index (χ0v) is 14.8. The van der Waals surface area contributed by atoms with Crippen LogP contribution in [0, 0.1) is 0 Å². The van der Waals surface area contributed by atoms with Gasteiger partial charge < -0.3 is 23.7 Å². The molecule has 6 heteroatoms. The Balaban J connectivity index is 2.01. The quantitative estimate of drug-likeness (QED) is 0.685. The number of carbonyl (C=O) groups excluding carboxylic acids is 1. The first-order valence-electron chi connectivity index (χ1n) is 7.68. The van der Waals surface area contributed by atoms with E-state index in [1.54, 1.807) is 64.8 Å². The standard InChI is InChI=1S/C19H22O6/c1-21-15-6-8-16(22-2)14(11-15)12-25-19(20)10-13-5-7-17(23-3)18(9-13)24-4/h5-9,11H,10,12H2,1-4H3. The highest BCUT2D eigenvalue weighted by atomic mass is 16.5. The van der Waals surface area contributed by atoms with Gasteiger partial charge in [-0.1, -0.05) is 6.07 Å². The molecule has 2 aromatic rings. The molecule has 0 amide bonds. The van der Waals surface area contributed by atoms with E-state index in [0.29, 0.717) is 23.0 Å². The highest BCUT2D eigenvalue weighted by Crippen LogP contribution is 2.28. The fourth-order valence-electron chi connectivity index (χ4n) is 2.36. The molecule has 0 aliphatic heterocycles. The van der Waals surface area contributed by atoms with E-state index in [1.165, 1.54) is 0 Å². The Morgan fingerprint density at radius 2 is 1.48 bits per heavy atom. The van der Waals surface area contributed by atoms with Crippen LogP contribution in [0.3, 0.4) is 0 Å². The summed E-state index contributed by atoms with van der Waals surface area (Å²) >= 11 is 0.